The Morgan fingerprint density at radius 2 is 1.64 bits per heavy atom. The van der Waals surface area contributed by atoms with Crippen molar-refractivity contribution in [2.45, 2.75) is 25.3 Å². The Bertz CT molecular complexity index is 701. The highest BCUT2D eigenvalue weighted by atomic mass is 16.1. The molecule has 2 atom stereocenters. The van der Waals surface area contributed by atoms with Crippen LogP contribution in [-0.4, -0.2) is 36.9 Å². The molecule has 0 aromatic heterocycles. The van der Waals surface area contributed by atoms with Crippen LogP contribution in [0.25, 0.3) is 11.1 Å². The molecule has 3 heteroatoms. The molecular formula is C22H26N2O. The molecule has 1 saturated heterocycles. The van der Waals surface area contributed by atoms with E-state index in [1.165, 1.54) is 29.7 Å². The smallest absolute Gasteiger partial charge is 0.121 e. The van der Waals surface area contributed by atoms with Crippen LogP contribution in [0.15, 0.2) is 54.6 Å². The summed E-state index contributed by atoms with van der Waals surface area (Å²) in [4.78, 5) is 13.0. The minimum absolute atomic E-state index is 0.563. The molecule has 1 aliphatic heterocycles. The van der Waals surface area contributed by atoms with Gasteiger partial charge in [-0.25, -0.2) is 0 Å². The molecular weight excluding hydrogens is 308 g/mol. The van der Waals surface area contributed by atoms with Gasteiger partial charge in [-0.05, 0) is 36.3 Å². The predicted molar refractivity (Wildman–Crippen MR) is 103 cm³/mol. The summed E-state index contributed by atoms with van der Waals surface area (Å²) in [5, 5.41) is 3.82. The summed E-state index contributed by atoms with van der Waals surface area (Å²) in [5.41, 5.74) is 3.80. The normalized spacial score (nSPS) is 25.7. The van der Waals surface area contributed by atoms with Gasteiger partial charge < -0.3 is 15.0 Å². The van der Waals surface area contributed by atoms with Gasteiger partial charge in [0, 0.05) is 43.3 Å². The molecule has 2 unspecified atom stereocenters. The summed E-state index contributed by atoms with van der Waals surface area (Å²) >= 11 is 0. The van der Waals surface area contributed by atoms with E-state index in [1.807, 2.05) is 0 Å². The summed E-state index contributed by atoms with van der Waals surface area (Å²) in [6.07, 6.45) is 4.20. The molecule has 4 rings (SSSR count). The van der Waals surface area contributed by atoms with Crippen LogP contribution >= 0.6 is 0 Å². The van der Waals surface area contributed by atoms with Crippen LogP contribution in [0.1, 0.15) is 19.3 Å². The lowest BCUT2D eigenvalue weighted by Gasteiger charge is -2.21. The third-order valence-corrected chi connectivity index (χ3v) is 5.76. The number of nitrogens with zero attached hydrogens (tertiary/aromatic N) is 1. The monoisotopic (exact) mass is 334 g/mol. The average Bonchev–Trinajstić information content (AvgIpc) is 3.19. The first kappa shape index (κ1) is 16.3. The molecule has 2 aromatic carbocycles. The number of likely N-dealkylation sites (tertiary alicyclic amines) is 1. The van der Waals surface area contributed by atoms with Crippen molar-refractivity contribution >= 4 is 12.0 Å². The fourth-order valence-corrected chi connectivity index (χ4v) is 4.63. The molecule has 2 fully saturated rings. The van der Waals surface area contributed by atoms with E-state index in [2.05, 4.69) is 64.8 Å². The Labute approximate surface area is 150 Å². The molecule has 1 aliphatic carbocycles. The topological polar surface area (TPSA) is 32.3 Å². The minimum atomic E-state index is 0.563. The first-order valence-electron chi connectivity index (χ1n) is 9.40. The molecule has 1 saturated carbocycles. The largest absolute Gasteiger partial charge is 0.382 e. The van der Waals surface area contributed by atoms with Gasteiger partial charge in [-0.3, -0.25) is 0 Å². The third kappa shape index (κ3) is 3.62. The second-order valence-electron chi connectivity index (χ2n) is 7.46. The van der Waals surface area contributed by atoms with Crippen LogP contribution in [0.4, 0.5) is 5.69 Å². The number of hydrogen-bond donors (Lipinski definition) is 1. The fraction of sp³-hybridized carbons (Fsp3) is 0.409. The molecule has 1 N–H and O–H groups in total. The van der Waals surface area contributed by atoms with Crippen LogP contribution in [-0.2, 0) is 4.79 Å². The molecule has 130 valence electrons. The Morgan fingerprint density at radius 1 is 0.960 bits per heavy atom. The van der Waals surface area contributed by atoms with Crippen molar-refractivity contribution in [1.29, 1.82) is 0 Å². The molecule has 0 amide bonds. The average molecular weight is 334 g/mol. The number of rotatable bonds is 6. The van der Waals surface area contributed by atoms with E-state index < -0.39 is 0 Å². The fourth-order valence-electron chi connectivity index (χ4n) is 4.63. The number of aldehydes is 1. The van der Waals surface area contributed by atoms with Gasteiger partial charge in [-0.2, -0.15) is 0 Å². The van der Waals surface area contributed by atoms with E-state index >= 15 is 0 Å². The maximum absolute atomic E-state index is 10.6. The van der Waals surface area contributed by atoms with Crippen molar-refractivity contribution in [3.8, 4) is 11.1 Å². The Balaban J connectivity index is 1.41. The summed E-state index contributed by atoms with van der Waals surface area (Å²) in [7, 11) is 0. The summed E-state index contributed by atoms with van der Waals surface area (Å²) < 4.78 is 0. The zero-order valence-corrected chi connectivity index (χ0v) is 14.6. The predicted octanol–water partition coefficient (Wildman–Crippen LogP) is 4.06. The SMILES string of the molecule is O=CCCN1CC2CC(Nc3ccccc3-c3ccccc3)CC2C1. The Morgan fingerprint density at radius 3 is 2.36 bits per heavy atom. The highest BCUT2D eigenvalue weighted by Crippen LogP contribution is 2.40. The number of benzene rings is 2. The Hall–Kier alpha value is -2.13. The molecule has 25 heavy (non-hydrogen) atoms. The molecule has 0 spiro atoms. The van der Waals surface area contributed by atoms with Crippen LogP contribution in [0, 0.1) is 11.8 Å². The minimum Gasteiger partial charge on any atom is -0.382 e. The van der Waals surface area contributed by atoms with Gasteiger partial charge in [0.25, 0.3) is 0 Å². The molecule has 0 radical (unpaired) electrons. The van der Waals surface area contributed by atoms with Gasteiger partial charge in [0.1, 0.15) is 6.29 Å². The summed E-state index contributed by atoms with van der Waals surface area (Å²) in [6.45, 7) is 3.26. The van der Waals surface area contributed by atoms with Gasteiger partial charge >= 0.3 is 0 Å². The standard InChI is InChI=1S/C22H26N2O/c25-12-6-11-24-15-18-13-20(14-19(18)16-24)23-22-10-5-4-9-21(22)17-7-2-1-3-8-17/h1-5,7-10,12,18-20,23H,6,11,13-16H2. The number of carbonyl (C=O) groups is 1. The molecule has 1 heterocycles. The molecule has 2 aromatic rings. The third-order valence-electron chi connectivity index (χ3n) is 5.76. The van der Waals surface area contributed by atoms with Gasteiger partial charge in [-0.1, -0.05) is 48.5 Å². The van der Waals surface area contributed by atoms with E-state index in [0.717, 1.165) is 37.8 Å². The van der Waals surface area contributed by atoms with Gasteiger partial charge in [-0.15, -0.1) is 0 Å². The van der Waals surface area contributed by atoms with Crippen LogP contribution in [0.5, 0.6) is 0 Å². The van der Waals surface area contributed by atoms with Gasteiger partial charge in [0.2, 0.25) is 0 Å². The summed E-state index contributed by atoms with van der Waals surface area (Å²) in [5.74, 6) is 1.57. The highest BCUT2D eigenvalue weighted by molar-refractivity contribution is 5.77. The molecule has 3 nitrogen and oxygen atoms in total. The van der Waals surface area contributed by atoms with Crippen molar-refractivity contribution in [3.63, 3.8) is 0 Å². The number of anilines is 1. The van der Waals surface area contributed by atoms with Crippen molar-refractivity contribution < 1.29 is 4.79 Å². The highest BCUT2D eigenvalue weighted by Gasteiger charge is 2.40. The zero-order chi connectivity index (χ0) is 17.1. The quantitative estimate of drug-likeness (QED) is 0.809. The molecule has 0 bridgehead atoms. The lowest BCUT2D eigenvalue weighted by Crippen LogP contribution is -2.26. The van der Waals surface area contributed by atoms with E-state index in [4.69, 9.17) is 0 Å². The van der Waals surface area contributed by atoms with Crippen molar-refractivity contribution in [3.05, 3.63) is 54.6 Å². The maximum atomic E-state index is 10.6. The Kier molecular flexibility index (Phi) is 4.84. The lowest BCUT2D eigenvalue weighted by molar-refractivity contribution is -0.108. The molecule has 2 aliphatic rings. The first-order chi connectivity index (χ1) is 12.3. The van der Waals surface area contributed by atoms with Crippen LogP contribution in [0.2, 0.25) is 0 Å². The van der Waals surface area contributed by atoms with E-state index in [-0.39, 0.29) is 0 Å². The zero-order valence-electron chi connectivity index (χ0n) is 14.6. The van der Waals surface area contributed by atoms with Gasteiger partial charge in [0.05, 0.1) is 0 Å². The van der Waals surface area contributed by atoms with Crippen molar-refractivity contribution in [2.75, 3.05) is 25.0 Å². The maximum Gasteiger partial charge on any atom is 0.121 e. The van der Waals surface area contributed by atoms with Crippen molar-refractivity contribution in [2.24, 2.45) is 11.8 Å². The number of carbonyl (C=O) groups excluding carboxylic acids is 1. The first-order valence-corrected chi connectivity index (χ1v) is 9.40. The van der Waals surface area contributed by atoms with Crippen molar-refractivity contribution in [1.82, 2.24) is 4.90 Å². The summed E-state index contributed by atoms with van der Waals surface area (Å²) in [6, 6.07) is 19.8. The van der Waals surface area contributed by atoms with Gasteiger partial charge in [0.15, 0.2) is 0 Å². The van der Waals surface area contributed by atoms with Crippen LogP contribution in [0.3, 0.4) is 0 Å². The second kappa shape index (κ2) is 7.40. The number of hydrogen-bond acceptors (Lipinski definition) is 3. The van der Waals surface area contributed by atoms with E-state index in [9.17, 15) is 4.79 Å². The van der Waals surface area contributed by atoms with Crippen LogP contribution < -0.4 is 5.32 Å². The lowest BCUT2D eigenvalue weighted by atomic mass is 10.0. The number of fused-ring (bicyclic) bond motifs is 1. The van der Waals surface area contributed by atoms with E-state index in [1.54, 1.807) is 0 Å². The number of nitrogens with one attached hydrogen (secondary N) is 1. The van der Waals surface area contributed by atoms with E-state index in [0.29, 0.717) is 12.5 Å². The number of para-hydroxylation sites is 1. The second-order valence-corrected chi connectivity index (χ2v) is 7.46.